The maximum absolute atomic E-state index is 14.1. The van der Waals surface area contributed by atoms with E-state index in [9.17, 15) is 13.6 Å². The van der Waals surface area contributed by atoms with E-state index in [-0.39, 0.29) is 29.1 Å². The van der Waals surface area contributed by atoms with Crippen LogP contribution in [0.2, 0.25) is 0 Å². The van der Waals surface area contributed by atoms with Crippen molar-refractivity contribution in [2.24, 2.45) is 0 Å². The van der Waals surface area contributed by atoms with E-state index >= 15 is 0 Å². The van der Waals surface area contributed by atoms with Crippen LogP contribution in [0, 0.1) is 18.6 Å². The lowest BCUT2D eigenvalue weighted by Gasteiger charge is -2.35. The highest BCUT2D eigenvalue weighted by Crippen LogP contribution is 2.39. The molecule has 2 aliphatic rings. The molecule has 250 valence electrons. The number of likely N-dealkylation sites (tertiary alicyclic amines) is 1. The Morgan fingerprint density at radius 3 is 2.45 bits per heavy atom. The summed E-state index contributed by atoms with van der Waals surface area (Å²) in [4.78, 5) is 29.0. The van der Waals surface area contributed by atoms with Crippen molar-refractivity contribution in [3.63, 3.8) is 0 Å². The van der Waals surface area contributed by atoms with Crippen molar-refractivity contribution in [3.05, 3.63) is 107 Å². The zero-order chi connectivity index (χ0) is 34.2. The molecule has 12 heteroatoms. The van der Waals surface area contributed by atoms with E-state index < -0.39 is 17.4 Å². The van der Waals surface area contributed by atoms with Crippen LogP contribution in [-0.4, -0.2) is 60.7 Å². The molecule has 2 N–H and O–H groups in total. The third-order valence-corrected chi connectivity index (χ3v) is 9.08. The number of halogens is 2. The van der Waals surface area contributed by atoms with Crippen molar-refractivity contribution < 1.29 is 23.0 Å². The second-order valence-electron chi connectivity index (χ2n) is 12.6. The number of pyridine rings is 1. The van der Waals surface area contributed by atoms with E-state index in [1.165, 1.54) is 35.5 Å². The van der Waals surface area contributed by atoms with E-state index in [4.69, 9.17) is 15.2 Å². The summed E-state index contributed by atoms with van der Waals surface area (Å²) in [6.45, 7) is 8.14. The van der Waals surface area contributed by atoms with Gasteiger partial charge in [-0.05, 0) is 80.6 Å². The fraction of sp³-hybridized carbons (Fsp3) is 0.270. The molecule has 0 bridgehead atoms. The number of benzene rings is 2. The highest BCUT2D eigenvalue weighted by atomic mass is 19.1. The lowest BCUT2D eigenvalue weighted by Crippen LogP contribution is -2.41. The summed E-state index contributed by atoms with van der Waals surface area (Å²) in [6.07, 6.45) is 12.1. The van der Waals surface area contributed by atoms with Crippen molar-refractivity contribution >= 4 is 17.7 Å². The van der Waals surface area contributed by atoms with Crippen LogP contribution < -0.4 is 15.2 Å². The molecule has 1 aliphatic carbocycles. The number of carbonyl (C=O) groups excluding carboxylic acids is 1. The molecule has 1 fully saturated rings. The molecule has 0 saturated carbocycles. The molecule has 5 aromatic rings. The standard InChI is InChI=1S/C37H35F2N7O3/c1-21(2)45-9-7-27(8-10-45)48-33-15-24-13-25(12-23(24)14-28(33)26-16-41-20-42-17-26)35(47)29-18-44-46(37(29)40)32-19-43-34(11-22(32)3)49-36-30(38)5-4-6-31(36)39/h4-6,11,13-21,27H,7-10,12,40H2,1-3H3. The van der Waals surface area contributed by atoms with Crippen LogP contribution in [0.25, 0.3) is 22.9 Å². The van der Waals surface area contributed by atoms with Crippen LogP contribution in [0.4, 0.5) is 14.6 Å². The Hall–Kier alpha value is -5.49. The fourth-order valence-corrected chi connectivity index (χ4v) is 6.35. The molecule has 0 spiro atoms. The second-order valence-corrected chi connectivity index (χ2v) is 12.6. The van der Waals surface area contributed by atoms with Crippen LogP contribution in [0.5, 0.6) is 17.4 Å². The first-order chi connectivity index (χ1) is 23.7. The Morgan fingerprint density at radius 2 is 1.76 bits per heavy atom. The van der Waals surface area contributed by atoms with Crippen LogP contribution >= 0.6 is 0 Å². The fourth-order valence-electron chi connectivity index (χ4n) is 6.35. The van der Waals surface area contributed by atoms with E-state index in [1.54, 1.807) is 19.3 Å². The third kappa shape index (κ3) is 6.39. The number of aryl methyl sites for hydroxylation is 1. The minimum Gasteiger partial charge on any atom is -0.490 e. The molecule has 1 aliphatic heterocycles. The maximum Gasteiger partial charge on any atom is 0.219 e. The first-order valence-corrected chi connectivity index (χ1v) is 16.2. The summed E-state index contributed by atoms with van der Waals surface area (Å²) in [5.74, 6) is -1.61. The lowest BCUT2D eigenvalue weighted by atomic mass is 9.99. The van der Waals surface area contributed by atoms with Gasteiger partial charge in [0, 0.05) is 60.7 Å². The number of nitrogens with two attached hydrogens (primary N) is 1. The average molecular weight is 664 g/mol. The van der Waals surface area contributed by atoms with Gasteiger partial charge in [-0.2, -0.15) is 5.10 Å². The predicted octanol–water partition coefficient (Wildman–Crippen LogP) is 6.76. The van der Waals surface area contributed by atoms with Crippen molar-refractivity contribution in [3.8, 4) is 34.2 Å². The molecule has 1 saturated heterocycles. The molecule has 2 aromatic carbocycles. The van der Waals surface area contributed by atoms with Crippen molar-refractivity contribution in [1.82, 2.24) is 29.6 Å². The summed E-state index contributed by atoms with van der Waals surface area (Å²) in [5.41, 5.74) is 12.0. The number of piperidine rings is 1. The highest BCUT2D eigenvalue weighted by Gasteiger charge is 2.28. The zero-order valence-electron chi connectivity index (χ0n) is 27.4. The molecule has 0 unspecified atom stereocenters. The van der Waals surface area contributed by atoms with Gasteiger partial charge >= 0.3 is 0 Å². The van der Waals surface area contributed by atoms with Crippen LogP contribution in [0.15, 0.2) is 73.1 Å². The minimum absolute atomic E-state index is 0.00745. The highest BCUT2D eigenvalue weighted by molar-refractivity contribution is 6.15. The topological polar surface area (TPSA) is 121 Å². The van der Waals surface area contributed by atoms with Gasteiger partial charge in [0.05, 0.1) is 23.6 Å². The van der Waals surface area contributed by atoms with Crippen molar-refractivity contribution in [2.75, 3.05) is 18.8 Å². The van der Waals surface area contributed by atoms with Gasteiger partial charge in [-0.1, -0.05) is 6.07 Å². The number of fused-ring (bicyclic) bond motifs is 1. The number of ether oxygens (including phenoxy) is 2. The largest absolute Gasteiger partial charge is 0.490 e. The number of Topliss-reactive ketones (excluding diaryl/α,β-unsaturated/α-hetero) is 1. The smallest absolute Gasteiger partial charge is 0.219 e. The van der Waals surface area contributed by atoms with Crippen LogP contribution in [-0.2, 0) is 6.42 Å². The lowest BCUT2D eigenvalue weighted by molar-refractivity contribution is 0.0846. The molecular weight excluding hydrogens is 628 g/mol. The molecule has 10 nitrogen and oxygen atoms in total. The molecule has 7 rings (SSSR count). The number of nitrogen functional groups attached to an aromatic ring is 1. The number of carbonyl (C=O) groups is 1. The number of para-hydroxylation sites is 1. The number of anilines is 1. The Bertz CT molecular complexity index is 2050. The predicted molar refractivity (Wildman–Crippen MR) is 181 cm³/mol. The molecule has 49 heavy (non-hydrogen) atoms. The molecule has 0 amide bonds. The second kappa shape index (κ2) is 13.2. The van der Waals surface area contributed by atoms with Crippen molar-refractivity contribution in [2.45, 2.75) is 52.2 Å². The van der Waals surface area contributed by atoms with Gasteiger partial charge in [0.15, 0.2) is 17.4 Å². The van der Waals surface area contributed by atoms with Crippen LogP contribution in [0.1, 0.15) is 53.7 Å². The van der Waals surface area contributed by atoms with Gasteiger partial charge in [0.2, 0.25) is 11.6 Å². The summed E-state index contributed by atoms with van der Waals surface area (Å²) in [5, 5.41) is 4.38. The molecule has 0 atom stereocenters. The Labute approximate surface area is 282 Å². The molecular formula is C37H35F2N7O3. The van der Waals surface area contributed by atoms with Crippen molar-refractivity contribution in [1.29, 1.82) is 0 Å². The number of rotatable bonds is 9. The van der Waals surface area contributed by atoms with E-state index in [1.807, 2.05) is 12.1 Å². The van der Waals surface area contributed by atoms with E-state index in [0.29, 0.717) is 29.3 Å². The zero-order valence-corrected chi connectivity index (χ0v) is 27.4. The molecule has 4 heterocycles. The number of aromatic nitrogens is 5. The summed E-state index contributed by atoms with van der Waals surface area (Å²) in [7, 11) is 0. The SMILES string of the molecule is Cc1cc(Oc2c(F)cccc2F)ncc1-n1ncc(C(=O)C2=Cc3cc(OC4CCN(C(C)C)CC4)c(-c4cncnc4)cc3C2)c1N. The quantitative estimate of drug-likeness (QED) is 0.171. The van der Waals surface area contributed by atoms with Gasteiger partial charge in [-0.15, -0.1) is 0 Å². The van der Waals surface area contributed by atoms with E-state index in [0.717, 1.165) is 66.1 Å². The summed E-state index contributed by atoms with van der Waals surface area (Å²) >= 11 is 0. The Morgan fingerprint density at radius 1 is 1.02 bits per heavy atom. The van der Waals surface area contributed by atoms with Gasteiger partial charge < -0.3 is 20.1 Å². The first-order valence-electron chi connectivity index (χ1n) is 16.2. The first kappa shape index (κ1) is 32.1. The number of allylic oxidation sites excluding steroid dienone is 1. The summed E-state index contributed by atoms with van der Waals surface area (Å²) < 4.78 is 41.6. The Kier molecular flexibility index (Phi) is 8.64. The third-order valence-electron chi connectivity index (χ3n) is 9.08. The summed E-state index contributed by atoms with van der Waals surface area (Å²) in [6, 6.07) is 9.53. The Balaban J connectivity index is 1.13. The van der Waals surface area contributed by atoms with Gasteiger partial charge in [-0.3, -0.25) is 4.79 Å². The molecule has 3 aromatic heterocycles. The van der Waals surface area contributed by atoms with Crippen LogP contribution in [0.3, 0.4) is 0 Å². The number of ketones is 1. The number of hydrogen-bond donors (Lipinski definition) is 1. The van der Waals surface area contributed by atoms with Gasteiger partial charge in [-0.25, -0.2) is 28.4 Å². The average Bonchev–Trinajstić information content (AvgIpc) is 3.69. The maximum atomic E-state index is 14.1. The monoisotopic (exact) mass is 663 g/mol. The van der Waals surface area contributed by atoms with Gasteiger partial charge in [0.25, 0.3) is 0 Å². The normalized spacial score (nSPS) is 14.9. The van der Waals surface area contributed by atoms with Gasteiger partial charge in [0.1, 0.15) is 24.0 Å². The van der Waals surface area contributed by atoms with E-state index in [2.05, 4.69) is 44.9 Å². The minimum atomic E-state index is -0.845. The molecule has 0 radical (unpaired) electrons. The number of nitrogens with zero attached hydrogens (tertiary/aromatic N) is 6. The number of hydrogen-bond acceptors (Lipinski definition) is 9.